The van der Waals surface area contributed by atoms with E-state index in [1.165, 1.54) is 24.5 Å². The van der Waals surface area contributed by atoms with E-state index in [0.717, 1.165) is 12.1 Å². The minimum absolute atomic E-state index is 0.0598. The predicted molar refractivity (Wildman–Crippen MR) is 125 cm³/mol. The number of carbonyl (C=O) groups excluding carboxylic acids is 2. The molecule has 1 fully saturated rings. The van der Waals surface area contributed by atoms with E-state index in [4.69, 9.17) is 4.42 Å². The van der Waals surface area contributed by atoms with E-state index < -0.39 is 10.0 Å². The van der Waals surface area contributed by atoms with Crippen molar-refractivity contribution in [1.82, 2.24) is 4.72 Å². The zero-order chi connectivity index (χ0) is 23.3. The molecule has 33 heavy (non-hydrogen) atoms. The second-order valence-corrected chi connectivity index (χ2v) is 9.26. The lowest BCUT2D eigenvalue weighted by Crippen LogP contribution is -2.23. The summed E-state index contributed by atoms with van der Waals surface area (Å²) in [4.78, 5) is 26.1. The molecule has 170 valence electrons. The highest BCUT2D eigenvalue weighted by Crippen LogP contribution is 2.24. The number of nitrogens with one attached hydrogen (secondary N) is 2. The summed E-state index contributed by atoms with van der Waals surface area (Å²) in [6.45, 7) is 0.741. The number of amides is 2. The van der Waals surface area contributed by atoms with Gasteiger partial charge in [0.15, 0.2) is 0 Å². The molecule has 2 amide bonds. The molecule has 9 heteroatoms. The Labute approximate surface area is 192 Å². The van der Waals surface area contributed by atoms with Gasteiger partial charge in [-0.15, -0.1) is 0 Å². The van der Waals surface area contributed by atoms with Crippen molar-refractivity contribution in [2.45, 2.75) is 24.3 Å². The highest BCUT2D eigenvalue weighted by Gasteiger charge is 2.21. The van der Waals surface area contributed by atoms with Gasteiger partial charge in [0.25, 0.3) is 0 Å². The Balaban J connectivity index is 1.35. The summed E-state index contributed by atoms with van der Waals surface area (Å²) in [5, 5.41) is 2.78. The molecule has 1 aliphatic rings. The van der Waals surface area contributed by atoms with Crippen LogP contribution in [0.2, 0.25) is 0 Å². The molecule has 4 rings (SSSR count). The fourth-order valence-electron chi connectivity index (χ4n) is 3.45. The first kappa shape index (κ1) is 22.5. The molecule has 0 bridgehead atoms. The van der Waals surface area contributed by atoms with Crippen molar-refractivity contribution in [3.05, 3.63) is 84.3 Å². The van der Waals surface area contributed by atoms with Crippen molar-refractivity contribution < 1.29 is 22.4 Å². The summed E-state index contributed by atoms with van der Waals surface area (Å²) < 4.78 is 32.4. The highest BCUT2D eigenvalue weighted by molar-refractivity contribution is 7.89. The molecule has 2 aromatic carbocycles. The van der Waals surface area contributed by atoms with Crippen molar-refractivity contribution in [3.63, 3.8) is 0 Å². The zero-order valence-electron chi connectivity index (χ0n) is 17.7. The van der Waals surface area contributed by atoms with Gasteiger partial charge in [-0.25, -0.2) is 13.1 Å². The lowest BCUT2D eigenvalue weighted by atomic mass is 10.2. The van der Waals surface area contributed by atoms with E-state index in [-0.39, 0.29) is 23.3 Å². The van der Waals surface area contributed by atoms with Crippen molar-refractivity contribution >= 4 is 39.3 Å². The van der Waals surface area contributed by atoms with E-state index in [1.807, 2.05) is 6.07 Å². The molecular weight excluding hydrogens is 442 g/mol. The molecule has 0 spiro atoms. The molecule has 8 nitrogen and oxygen atoms in total. The number of anilines is 2. The maximum Gasteiger partial charge on any atom is 0.248 e. The fraction of sp³-hybridized carbons (Fsp3) is 0.167. The van der Waals surface area contributed by atoms with Crippen molar-refractivity contribution in [2.75, 3.05) is 16.8 Å². The minimum atomic E-state index is -3.68. The standard InChI is InChI=1S/C24H23N3O5S/c28-23(26-19-4-1-5-20(16-19)27-14-2-7-24(27)29)13-10-18-8-11-22(12-9-18)33(30,31)25-17-21-6-3-15-32-21/h1,3-6,8-13,15-16,25H,2,7,14,17H2,(H,26,28)/b13-10+. The Morgan fingerprint density at radius 2 is 1.91 bits per heavy atom. The molecule has 0 unspecified atom stereocenters. The van der Waals surface area contributed by atoms with Gasteiger partial charge in [-0.1, -0.05) is 18.2 Å². The van der Waals surface area contributed by atoms with Gasteiger partial charge in [-0.05, 0) is 60.5 Å². The lowest BCUT2D eigenvalue weighted by Gasteiger charge is -2.16. The topological polar surface area (TPSA) is 109 Å². The second kappa shape index (κ2) is 9.85. The molecule has 0 saturated carbocycles. The van der Waals surface area contributed by atoms with Crippen LogP contribution in [0.3, 0.4) is 0 Å². The van der Waals surface area contributed by atoms with Crippen LogP contribution in [-0.2, 0) is 26.2 Å². The van der Waals surface area contributed by atoms with E-state index in [9.17, 15) is 18.0 Å². The van der Waals surface area contributed by atoms with Crippen LogP contribution in [0.1, 0.15) is 24.2 Å². The normalized spacial score (nSPS) is 14.2. The first-order valence-corrected chi connectivity index (χ1v) is 11.9. The number of benzene rings is 2. The van der Waals surface area contributed by atoms with Gasteiger partial charge in [0.1, 0.15) is 5.76 Å². The van der Waals surface area contributed by atoms with Crippen LogP contribution in [0.4, 0.5) is 11.4 Å². The minimum Gasteiger partial charge on any atom is -0.468 e. The molecule has 0 atom stereocenters. The van der Waals surface area contributed by atoms with Gasteiger partial charge >= 0.3 is 0 Å². The van der Waals surface area contributed by atoms with E-state index in [1.54, 1.807) is 53.4 Å². The van der Waals surface area contributed by atoms with Crippen LogP contribution in [-0.4, -0.2) is 26.8 Å². The Kier molecular flexibility index (Phi) is 6.71. The smallest absolute Gasteiger partial charge is 0.248 e. The zero-order valence-corrected chi connectivity index (χ0v) is 18.5. The van der Waals surface area contributed by atoms with Crippen molar-refractivity contribution in [3.8, 4) is 0 Å². The molecular formula is C24H23N3O5S. The van der Waals surface area contributed by atoms with Crippen molar-refractivity contribution in [1.29, 1.82) is 0 Å². The molecule has 1 aliphatic heterocycles. The number of hydrogen-bond acceptors (Lipinski definition) is 5. The van der Waals surface area contributed by atoms with Gasteiger partial charge < -0.3 is 14.6 Å². The van der Waals surface area contributed by atoms with E-state index in [0.29, 0.717) is 30.0 Å². The fourth-order valence-corrected chi connectivity index (χ4v) is 4.44. The van der Waals surface area contributed by atoms with Crippen LogP contribution in [0.5, 0.6) is 0 Å². The number of nitrogens with zero attached hydrogens (tertiary/aromatic N) is 1. The first-order chi connectivity index (χ1) is 15.9. The number of hydrogen-bond donors (Lipinski definition) is 2. The molecule has 1 aromatic heterocycles. The van der Waals surface area contributed by atoms with Gasteiger partial charge in [-0.2, -0.15) is 0 Å². The van der Waals surface area contributed by atoms with Crippen LogP contribution < -0.4 is 14.9 Å². The summed E-state index contributed by atoms with van der Waals surface area (Å²) in [6.07, 6.45) is 5.81. The van der Waals surface area contributed by atoms with Crippen LogP contribution >= 0.6 is 0 Å². The lowest BCUT2D eigenvalue weighted by molar-refractivity contribution is -0.117. The predicted octanol–water partition coefficient (Wildman–Crippen LogP) is 3.54. The summed E-state index contributed by atoms with van der Waals surface area (Å²) in [7, 11) is -3.68. The number of carbonyl (C=O) groups is 2. The molecule has 1 saturated heterocycles. The monoisotopic (exact) mass is 465 g/mol. The SMILES string of the molecule is O=C(/C=C/c1ccc(S(=O)(=O)NCc2ccco2)cc1)Nc1cccc(N2CCCC2=O)c1. The van der Waals surface area contributed by atoms with Gasteiger partial charge in [0.2, 0.25) is 21.8 Å². The number of rotatable bonds is 8. The third kappa shape index (κ3) is 5.76. The molecule has 0 radical (unpaired) electrons. The van der Waals surface area contributed by atoms with Crippen LogP contribution in [0.25, 0.3) is 6.08 Å². The van der Waals surface area contributed by atoms with Gasteiger partial charge in [0.05, 0.1) is 17.7 Å². The largest absolute Gasteiger partial charge is 0.468 e. The van der Waals surface area contributed by atoms with E-state index in [2.05, 4.69) is 10.0 Å². The van der Waals surface area contributed by atoms with Crippen LogP contribution in [0, 0.1) is 0 Å². The second-order valence-electron chi connectivity index (χ2n) is 7.49. The third-order valence-corrected chi connectivity index (χ3v) is 6.55. The maximum absolute atomic E-state index is 12.4. The summed E-state index contributed by atoms with van der Waals surface area (Å²) in [5.41, 5.74) is 2.02. The molecule has 3 aromatic rings. The summed E-state index contributed by atoms with van der Waals surface area (Å²) >= 11 is 0. The van der Waals surface area contributed by atoms with Gasteiger partial charge in [-0.3, -0.25) is 9.59 Å². The molecule has 0 aliphatic carbocycles. The summed E-state index contributed by atoms with van der Waals surface area (Å²) in [5.74, 6) is 0.262. The number of furan rings is 1. The molecule has 2 heterocycles. The molecule has 2 N–H and O–H groups in total. The Morgan fingerprint density at radius 1 is 1.09 bits per heavy atom. The maximum atomic E-state index is 12.4. The van der Waals surface area contributed by atoms with Gasteiger partial charge in [0, 0.05) is 30.4 Å². The summed E-state index contributed by atoms with van der Waals surface area (Å²) in [6, 6.07) is 16.7. The Bertz CT molecular complexity index is 1270. The quantitative estimate of drug-likeness (QED) is 0.495. The number of sulfonamides is 1. The first-order valence-electron chi connectivity index (χ1n) is 10.4. The average Bonchev–Trinajstić information content (AvgIpc) is 3.49. The third-order valence-electron chi connectivity index (χ3n) is 5.13. The highest BCUT2D eigenvalue weighted by atomic mass is 32.2. The van der Waals surface area contributed by atoms with E-state index >= 15 is 0 Å². The van der Waals surface area contributed by atoms with Crippen LogP contribution in [0.15, 0.2) is 82.3 Å². The average molecular weight is 466 g/mol. The Hall–Kier alpha value is -3.69. The Morgan fingerprint density at radius 3 is 2.61 bits per heavy atom. The van der Waals surface area contributed by atoms with Crippen molar-refractivity contribution in [2.24, 2.45) is 0 Å².